The molecule has 1 rings (SSSR count). The summed E-state index contributed by atoms with van der Waals surface area (Å²) in [5.41, 5.74) is -1.53. The summed E-state index contributed by atoms with van der Waals surface area (Å²) in [6.45, 7) is 1.20. The summed E-state index contributed by atoms with van der Waals surface area (Å²) in [5.74, 6) is -5.39. The molecule has 0 aromatic rings. The first kappa shape index (κ1) is 11.4. The maximum Gasteiger partial charge on any atom is 0.414 e. The number of aliphatic carboxylic acids is 1. The highest BCUT2D eigenvalue weighted by Gasteiger charge is 2.46. The van der Waals surface area contributed by atoms with Crippen molar-refractivity contribution in [3.63, 3.8) is 0 Å². The van der Waals surface area contributed by atoms with Gasteiger partial charge in [-0.05, 0) is 13.0 Å². The number of aliphatic imine (C=N–C) groups is 1. The molecule has 7 heteroatoms. The molecule has 1 atom stereocenters. The number of rotatable bonds is 1. The van der Waals surface area contributed by atoms with E-state index in [9.17, 15) is 22.8 Å². The molecule has 0 saturated carbocycles. The topological polar surface area (TPSA) is 66.7 Å². The van der Waals surface area contributed by atoms with Crippen molar-refractivity contribution in [2.24, 2.45) is 10.9 Å². The molecule has 1 heterocycles. The molecule has 0 aliphatic carbocycles. The SMILES string of the molecule is CC1=NC(=O)C(C(=O)O)C(C(F)(F)F)=C1. The summed E-state index contributed by atoms with van der Waals surface area (Å²) in [6, 6.07) is 0. The Hall–Kier alpha value is -1.66. The highest BCUT2D eigenvalue weighted by Crippen LogP contribution is 2.34. The van der Waals surface area contributed by atoms with Gasteiger partial charge in [-0.15, -0.1) is 0 Å². The van der Waals surface area contributed by atoms with E-state index in [1.165, 1.54) is 6.92 Å². The maximum atomic E-state index is 12.4. The number of carboxylic acid groups (broad SMARTS) is 1. The second-order valence-corrected chi connectivity index (χ2v) is 2.96. The van der Waals surface area contributed by atoms with Crippen molar-refractivity contribution in [1.82, 2.24) is 0 Å². The van der Waals surface area contributed by atoms with Gasteiger partial charge in [-0.2, -0.15) is 13.2 Å². The number of carbonyl (C=O) groups excluding carboxylic acids is 1. The van der Waals surface area contributed by atoms with Crippen LogP contribution in [0.1, 0.15) is 6.92 Å². The fourth-order valence-corrected chi connectivity index (χ4v) is 1.20. The average molecular weight is 221 g/mol. The van der Waals surface area contributed by atoms with Crippen LogP contribution >= 0.6 is 0 Å². The number of amides is 1. The number of carbonyl (C=O) groups is 2. The smallest absolute Gasteiger partial charge is 0.414 e. The van der Waals surface area contributed by atoms with E-state index in [1.807, 2.05) is 0 Å². The van der Waals surface area contributed by atoms with Crippen LogP contribution in [0.15, 0.2) is 16.6 Å². The standard InChI is InChI=1S/C8H6F3NO3/c1-3-2-4(8(9,10)11)5(7(14)15)6(13)12-3/h2,5H,1H3,(H,14,15). The molecule has 1 N–H and O–H groups in total. The first-order valence-corrected chi connectivity index (χ1v) is 3.84. The third kappa shape index (κ3) is 2.23. The Bertz CT molecular complexity index is 381. The number of dihydropyridines is 1. The van der Waals surface area contributed by atoms with Crippen LogP contribution in [-0.2, 0) is 9.59 Å². The summed E-state index contributed by atoms with van der Waals surface area (Å²) < 4.78 is 37.1. The van der Waals surface area contributed by atoms with Gasteiger partial charge in [-0.3, -0.25) is 9.59 Å². The molecule has 0 fully saturated rings. The fraction of sp³-hybridized carbons (Fsp3) is 0.375. The van der Waals surface area contributed by atoms with Gasteiger partial charge >= 0.3 is 12.1 Å². The third-order valence-corrected chi connectivity index (χ3v) is 1.78. The molecule has 0 spiro atoms. The van der Waals surface area contributed by atoms with E-state index >= 15 is 0 Å². The van der Waals surface area contributed by atoms with Gasteiger partial charge < -0.3 is 5.11 Å². The van der Waals surface area contributed by atoms with Crippen molar-refractivity contribution in [2.75, 3.05) is 0 Å². The van der Waals surface area contributed by atoms with Gasteiger partial charge in [0.1, 0.15) is 0 Å². The lowest BCUT2D eigenvalue weighted by atomic mass is 9.94. The van der Waals surface area contributed by atoms with Crippen molar-refractivity contribution in [3.8, 4) is 0 Å². The molecule has 82 valence electrons. The molecule has 1 amide bonds. The Labute approximate surface area is 82.1 Å². The number of alkyl halides is 3. The van der Waals surface area contributed by atoms with Crippen molar-refractivity contribution < 1.29 is 27.9 Å². The quantitative estimate of drug-likeness (QED) is 0.676. The zero-order valence-corrected chi connectivity index (χ0v) is 7.50. The van der Waals surface area contributed by atoms with Crippen LogP contribution in [0.2, 0.25) is 0 Å². The molecule has 0 aromatic carbocycles. The summed E-state index contributed by atoms with van der Waals surface area (Å²) in [6.07, 6.45) is -4.27. The number of allylic oxidation sites excluding steroid dienone is 1. The molecule has 1 unspecified atom stereocenters. The van der Waals surface area contributed by atoms with Crippen LogP contribution in [0.4, 0.5) is 13.2 Å². The molecule has 0 saturated heterocycles. The Morgan fingerprint density at radius 3 is 2.47 bits per heavy atom. The van der Waals surface area contributed by atoms with E-state index in [0.29, 0.717) is 6.08 Å². The second kappa shape index (κ2) is 3.48. The summed E-state index contributed by atoms with van der Waals surface area (Å²) in [4.78, 5) is 24.7. The summed E-state index contributed by atoms with van der Waals surface area (Å²) in [7, 11) is 0. The lowest BCUT2D eigenvalue weighted by Crippen LogP contribution is -2.34. The normalized spacial score (nSPS) is 22.1. The number of halogens is 3. The largest absolute Gasteiger partial charge is 0.480 e. The number of hydrogen-bond acceptors (Lipinski definition) is 2. The molecule has 1 aliphatic heterocycles. The molecule has 1 aliphatic rings. The van der Waals surface area contributed by atoms with Crippen LogP contribution in [-0.4, -0.2) is 28.9 Å². The first-order valence-electron chi connectivity index (χ1n) is 3.84. The summed E-state index contributed by atoms with van der Waals surface area (Å²) in [5, 5.41) is 8.50. The number of hydrogen-bond donors (Lipinski definition) is 1. The highest BCUT2D eigenvalue weighted by molar-refractivity contribution is 6.12. The van der Waals surface area contributed by atoms with Crippen molar-refractivity contribution in [2.45, 2.75) is 13.1 Å². The van der Waals surface area contributed by atoms with Gasteiger partial charge in [0.15, 0.2) is 5.92 Å². The van der Waals surface area contributed by atoms with Crippen LogP contribution in [0.3, 0.4) is 0 Å². The lowest BCUT2D eigenvalue weighted by molar-refractivity contribution is -0.150. The fourth-order valence-electron chi connectivity index (χ4n) is 1.20. The van der Waals surface area contributed by atoms with Crippen molar-refractivity contribution >= 4 is 17.6 Å². The van der Waals surface area contributed by atoms with Gasteiger partial charge in [0.2, 0.25) is 0 Å². The molecular formula is C8H6F3NO3. The first-order chi connectivity index (χ1) is 6.73. The Morgan fingerprint density at radius 1 is 1.53 bits per heavy atom. The second-order valence-electron chi connectivity index (χ2n) is 2.96. The zero-order chi connectivity index (χ0) is 11.8. The number of nitrogens with zero attached hydrogens (tertiary/aromatic N) is 1. The van der Waals surface area contributed by atoms with Crippen LogP contribution < -0.4 is 0 Å². The molecule has 0 bridgehead atoms. The predicted octanol–water partition coefficient (Wildman–Crippen LogP) is 1.18. The minimum atomic E-state index is -4.84. The Morgan fingerprint density at radius 2 is 2.07 bits per heavy atom. The molecule has 15 heavy (non-hydrogen) atoms. The van der Waals surface area contributed by atoms with Crippen LogP contribution in [0, 0.1) is 5.92 Å². The van der Waals surface area contributed by atoms with E-state index < -0.39 is 29.5 Å². The van der Waals surface area contributed by atoms with Gasteiger partial charge in [0.05, 0.1) is 5.57 Å². The predicted molar refractivity (Wildman–Crippen MR) is 43.4 cm³/mol. The van der Waals surface area contributed by atoms with Gasteiger partial charge in [-0.25, -0.2) is 4.99 Å². The van der Waals surface area contributed by atoms with Gasteiger partial charge in [0.25, 0.3) is 5.91 Å². The molecular weight excluding hydrogens is 215 g/mol. The Kier molecular flexibility index (Phi) is 2.65. The van der Waals surface area contributed by atoms with E-state index in [4.69, 9.17) is 5.11 Å². The van der Waals surface area contributed by atoms with E-state index in [0.717, 1.165) is 0 Å². The minimum Gasteiger partial charge on any atom is -0.480 e. The van der Waals surface area contributed by atoms with Crippen LogP contribution in [0.5, 0.6) is 0 Å². The molecule has 0 radical (unpaired) electrons. The maximum absolute atomic E-state index is 12.4. The summed E-state index contributed by atoms with van der Waals surface area (Å²) >= 11 is 0. The van der Waals surface area contributed by atoms with Crippen LogP contribution in [0.25, 0.3) is 0 Å². The van der Waals surface area contributed by atoms with E-state index in [1.54, 1.807) is 0 Å². The van der Waals surface area contributed by atoms with E-state index in [-0.39, 0.29) is 5.71 Å². The van der Waals surface area contributed by atoms with Crippen molar-refractivity contribution in [3.05, 3.63) is 11.6 Å². The van der Waals surface area contributed by atoms with Gasteiger partial charge in [-0.1, -0.05) is 0 Å². The van der Waals surface area contributed by atoms with E-state index in [2.05, 4.69) is 4.99 Å². The Balaban J connectivity index is 3.24. The average Bonchev–Trinajstić information content (AvgIpc) is 1.99. The van der Waals surface area contributed by atoms with Crippen molar-refractivity contribution in [1.29, 1.82) is 0 Å². The van der Waals surface area contributed by atoms with Gasteiger partial charge in [0, 0.05) is 5.71 Å². The lowest BCUT2D eigenvalue weighted by Gasteiger charge is -2.19. The molecule has 4 nitrogen and oxygen atoms in total. The monoisotopic (exact) mass is 221 g/mol. The molecule has 0 aromatic heterocycles. The minimum absolute atomic E-state index is 0.148. The zero-order valence-electron chi connectivity index (χ0n) is 7.50. The third-order valence-electron chi connectivity index (χ3n) is 1.78. The highest BCUT2D eigenvalue weighted by atomic mass is 19.4. The number of carboxylic acids is 1.